The maximum Gasteiger partial charge on any atom is 0.290 e. The first-order valence-corrected chi connectivity index (χ1v) is 12.0. The fraction of sp³-hybridized carbons (Fsp3) is 0.111. The highest BCUT2D eigenvalue weighted by atomic mass is 32.2. The Kier molecular flexibility index (Phi) is 5.85. The molecule has 36 heavy (non-hydrogen) atoms. The van der Waals surface area contributed by atoms with Crippen molar-refractivity contribution in [2.45, 2.75) is 20.8 Å². The molecule has 2 heterocycles. The van der Waals surface area contributed by atoms with E-state index in [2.05, 4.69) is 15.8 Å². The zero-order valence-corrected chi connectivity index (χ0v) is 20.6. The summed E-state index contributed by atoms with van der Waals surface area (Å²) in [7, 11) is 0. The SMILES string of the molecule is Cc1ccc2c(c1)N(c1ccc(C)c(C)c1)C(=O)/C2=N\Nc1ccc(/C=C2\SC(=O)NC2=O)cc1O. The smallest absolute Gasteiger partial charge is 0.290 e. The predicted molar refractivity (Wildman–Crippen MR) is 142 cm³/mol. The first-order valence-electron chi connectivity index (χ1n) is 11.2. The quantitative estimate of drug-likeness (QED) is 0.261. The van der Waals surface area contributed by atoms with E-state index in [0.29, 0.717) is 11.1 Å². The average molecular weight is 499 g/mol. The molecule has 0 atom stereocenters. The summed E-state index contributed by atoms with van der Waals surface area (Å²) in [5, 5.41) is 16.6. The number of carbonyl (C=O) groups excluding carboxylic acids is 3. The van der Waals surface area contributed by atoms with E-state index in [1.165, 1.54) is 12.1 Å². The molecular formula is C27H22N4O4S. The first-order chi connectivity index (χ1) is 17.2. The number of hydrogen-bond donors (Lipinski definition) is 3. The third-order valence-corrected chi connectivity index (χ3v) is 6.86. The number of carbonyl (C=O) groups is 3. The number of nitrogens with one attached hydrogen (secondary N) is 2. The van der Waals surface area contributed by atoms with E-state index in [0.717, 1.165) is 39.8 Å². The molecule has 9 heteroatoms. The lowest BCUT2D eigenvalue weighted by molar-refractivity contribution is -0.115. The first kappa shape index (κ1) is 23.4. The molecule has 0 bridgehead atoms. The van der Waals surface area contributed by atoms with E-state index in [4.69, 9.17) is 0 Å². The normalized spacial score (nSPS) is 17.2. The van der Waals surface area contributed by atoms with Crippen molar-refractivity contribution in [2.75, 3.05) is 10.3 Å². The van der Waals surface area contributed by atoms with E-state index in [-0.39, 0.29) is 28.0 Å². The van der Waals surface area contributed by atoms with Gasteiger partial charge in [-0.2, -0.15) is 5.10 Å². The number of phenols is 1. The van der Waals surface area contributed by atoms with Gasteiger partial charge in [-0.05, 0) is 91.2 Å². The highest BCUT2D eigenvalue weighted by Crippen LogP contribution is 2.37. The second kappa shape index (κ2) is 9.01. The van der Waals surface area contributed by atoms with Crippen molar-refractivity contribution in [2.24, 2.45) is 5.10 Å². The molecule has 0 radical (unpaired) electrons. The Morgan fingerprint density at radius 1 is 0.972 bits per heavy atom. The topological polar surface area (TPSA) is 111 Å². The zero-order valence-electron chi connectivity index (χ0n) is 19.7. The summed E-state index contributed by atoms with van der Waals surface area (Å²) in [6.07, 6.45) is 1.51. The lowest BCUT2D eigenvalue weighted by atomic mass is 10.1. The molecule has 1 fully saturated rings. The van der Waals surface area contributed by atoms with Crippen LogP contribution >= 0.6 is 11.8 Å². The lowest BCUT2D eigenvalue weighted by Gasteiger charge is -2.18. The van der Waals surface area contributed by atoms with Crippen LogP contribution in [-0.2, 0) is 9.59 Å². The lowest BCUT2D eigenvalue weighted by Crippen LogP contribution is -2.26. The molecular weight excluding hydrogens is 476 g/mol. The summed E-state index contributed by atoms with van der Waals surface area (Å²) in [5.74, 6) is -0.870. The van der Waals surface area contributed by atoms with Crippen LogP contribution in [0.25, 0.3) is 6.08 Å². The van der Waals surface area contributed by atoms with Crippen molar-refractivity contribution in [3.05, 3.63) is 87.3 Å². The van der Waals surface area contributed by atoms with Crippen LogP contribution in [0, 0.1) is 20.8 Å². The number of hydrogen-bond acceptors (Lipinski definition) is 7. The highest BCUT2D eigenvalue weighted by molar-refractivity contribution is 8.18. The fourth-order valence-corrected chi connectivity index (χ4v) is 4.69. The van der Waals surface area contributed by atoms with Crippen LogP contribution in [0.15, 0.2) is 64.6 Å². The highest BCUT2D eigenvalue weighted by Gasteiger charge is 2.35. The van der Waals surface area contributed by atoms with E-state index in [9.17, 15) is 19.5 Å². The van der Waals surface area contributed by atoms with Crippen molar-refractivity contribution in [1.29, 1.82) is 0 Å². The molecule has 0 aliphatic carbocycles. The number of benzene rings is 3. The number of amides is 3. The molecule has 3 aromatic rings. The predicted octanol–water partition coefficient (Wildman–Crippen LogP) is 5.14. The Morgan fingerprint density at radius 2 is 1.78 bits per heavy atom. The van der Waals surface area contributed by atoms with Crippen LogP contribution < -0.4 is 15.6 Å². The number of aryl methyl sites for hydroxylation is 3. The average Bonchev–Trinajstić information content (AvgIpc) is 3.29. The Morgan fingerprint density at radius 3 is 2.47 bits per heavy atom. The van der Waals surface area contributed by atoms with Gasteiger partial charge in [0, 0.05) is 11.3 Å². The van der Waals surface area contributed by atoms with Gasteiger partial charge in [0.25, 0.3) is 17.1 Å². The van der Waals surface area contributed by atoms with Crippen LogP contribution in [0.2, 0.25) is 0 Å². The summed E-state index contributed by atoms with van der Waals surface area (Å²) in [4.78, 5) is 38.5. The number of hydrazone groups is 1. The van der Waals surface area contributed by atoms with E-state index >= 15 is 0 Å². The molecule has 0 aromatic heterocycles. The minimum absolute atomic E-state index is 0.121. The van der Waals surface area contributed by atoms with Gasteiger partial charge in [-0.25, -0.2) is 0 Å². The van der Waals surface area contributed by atoms with Gasteiger partial charge in [0.1, 0.15) is 5.75 Å². The van der Waals surface area contributed by atoms with Gasteiger partial charge < -0.3 is 5.11 Å². The summed E-state index contributed by atoms with van der Waals surface area (Å²) >= 11 is 0.800. The Balaban J connectivity index is 1.45. The van der Waals surface area contributed by atoms with Crippen molar-refractivity contribution >= 4 is 57.7 Å². The van der Waals surface area contributed by atoms with Crippen molar-refractivity contribution in [1.82, 2.24) is 5.32 Å². The van der Waals surface area contributed by atoms with Gasteiger partial charge in [-0.3, -0.25) is 30.0 Å². The van der Waals surface area contributed by atoms with Crippen molar-refractivity contribution in [3.8, 4) is 5.75 Å². The summed E-state index contributed by atoms with van der Waals surface area (Å²) < 4.78 is 0. The largest absolute Gasteiger partial charge is 0.506 e. The molecule has 3 amide bonds. The Hall–Kier alpha value is -4.37. The number of fused-ring (bicyclic) bond motifs is 1. The molecule has 8 nitrogen and oxygen atoms in total. The number of anilines is 3. The number of aromatic hydroxyl groups is 1. The van der Waals surface area contributed by atoms with Crippen LogP contribution in [0.4, 0.5) is 21.9 Å². The number of imide groups is 1. The summed E-state index contributed by atoms with van der Waals surface area (Å²) in [6, 6.07) is 16.3. The van der Waals surface area contributed by atoms with Gasteiger partial charge >= 0.3 is 0 Å². The molecule has 5 rings (SSSR count). The monoisotopic (exact) mass is 498 g/mol. The number of thioether (sulfide) groups is 1. The van der Waals surface area contributed by atoms with Gasteiger partial charge in [-0.1, -0.05) is 24.3 Å². The van der Waals surface area contributed by atoms with Crippen LogP contribution in [0.1, 0.15) is 27.8 Å². The molecule has 180 valence electrons. The van der Waals surface area contributed by atoms with Gasteiger partial charge in [0.15, 0.2) is 5.71 Å². The summed E-state index contributed by atoms with van der Waals surface area (Å²) in [6.45, 7) is 6.00. The zero-order chi connectivity index (χ0) is 25.6. The molecule has 2 aliphatic rings. The maximum absolute atomic E-state index is 13.5. The second-order valence-electron chi connectivity index (χ2n) is 8.63. The van der Waals surface area contributed by atoms with E-state index < -0.39 is 11.1 Å². The van der Waals surface area contributed by atoms with E-state index in [1.54, 1.807) is 17.0 Å². The Bertz CT molecular complexity index is 1530. The van der Waals surface area contributed by atoms with Gasteiger partial charge in [0.2, 0.25) is 0 Å². The van der Waals surface area contributed by atoms with Crippen LogP contribution in [-0.4, -0.2) is 27.9 Å². The molecule has 3 aromatic carbocycles. The van der Waals surface area contributed by atoms with Crippen molar-refractivity contribution < 1.29 is 19.5 Å². The maximum atomic E-state index is 13.5. The second-order valence-corrected chi connectivity index (χ2v) is 9.65. The van der Waals surface area contributed by atoms with Crippen LogP contribution in [0.5, 0.6) is 5.75 Å². The number of nitrogens with zero attached hydrogens (tertiary/aromatic N) is 2. The van der Waals surface area contributed by atoms with Gasteiger partial charge in [0.05, 0.1) is 16.3 Å². The molecule has 2 aliphatic heterocycles. The van der Waals surface area contributed by atoms with E-state index in [1.807, 2.05) is 57.2 Å². The third kappa shape index (κ3) is 4.25. The molecule has 0 unspecified atom stereocenters. The third-order valence-electron chi connectivity index (χ3n) is 6.05. The van der Waals surface area contributed by atoms with Crippen molar-refractivity contribution in [3.63, 3.8) is 0 Å². The van der Waals surface area contributed by atoms with Gasteiger partial charge in [-0.15, -0.1) is 0 Å². The number of rotatable bonds is 4. The Labute approximate surface area is 211 Å². The molecule has 0 saturated carbocycles. The molecule has 3 N–H and O–H groups in total. The molecule has 0 spiro atoms. The standard InChI is InChI=1S/C27H22N4O4S/c1-14-4-8-19-21(10-14)31(18-7-5-15(2)16(3)11-18)26(34)24(19)30-29-20-9-6-17(12-22(20)32)13-23-25(33)28-27(35)36-23/h4-13,29,32H,1-3H3,(H,28,33,35)/b23-13-,30-24-. The summed E-state index contributed by atoms with van der Waals surface area (Å²) in [5.41, 5.74) is 9.28. The minimum Gasteiger partial charge on any atom is -0.506 e. The minimum atomic E-state index is -0.472. The fourth-order valence-electron chi connectivity index (χ4n) is 4.01. The van der Waals surface area contributed by atoms with Crippen LogP contribution in [0.3, 0.4) is 0 Å². The number of phenolic OH excluding ortho intramolecular Hbond substituents is 1. The molecule has 1 saturated heterocycles.